The van der Waals surface area contributed by atoms with Gasteiger partial charge >= 0.3 is 5.97 Å². The second-order valence-corrected chi connectivity index (χ2v) is 7.02. The Hall–Kier alpha value is -1.49. The van der Waals surface area contributed by atoms with Crippen LogP contribution in [-0.4, -0.2) is 18.5 Å². The molecule has 2 rings (SSSR count). The summed E-state index contributed by atoms with van der Waals surface area (Å²) < 4.78 is 11.3. The van der Waals surface area contributed by atoms with E-state index >= 15 is 0 Å². The minimum atomic E-state index is -0.636. The van der Waals surface area contributed by atoms with E-state index in [1.165, 1.54) is 11.3 Å². The zero-order chi connectivity index (χ0) is 16.3. The molecule has 1 atom stereocenters. The first kappa shape index (κ1) is 16.9. The lowest BCUT2D eigenvalue weighted by Gasteiger charge is -2.26. The molecule has 0 bridgehead atoms. The molecule has 1 aliphatic heterocycles. The lowest BCUT2D eigenvalue weighted by Crippen LogP contribution is -2.26. The number of thiophene rings is 1. The predicted molar refractivity (Wildman–Crippen MR) is 87.1 cm³/mol. The maximum Gasteiger partial charge on any atom is 0.338 e. The number of halogens is 2. The Morgan fingerprint density at radius 2 is 2.36 bits per heavy atom. The molecule has 116 valence electrons. The number of esters is 1. The summed E-state index contributed by atoms with van der Waals surface area (Å²) in [5.41, 5.74) is 6.20. The van der Waals surface area contributed by atoms with Crippen molar-refractivity contribution in [2.75, 3.05) is 12.5 Å². The standard InChI is InChI=1S/C14H12BrClN2O3S/c1-2-20-14(19)12-8(5-16)21-13(18)7(6-17)11(12)9-3-4-10(15)22-9/h3-4,11H,2,5,18H2,1H3/t11-/m0/s1. The predicted octanol–water partition coefficient (Wildman–Crippen LogP) is 3.37. The minimum Gasteiger partial charge on any atom is -0.463 e. The number of ether oxygens (including phenoxy) is 2. The smallest absolute Gasteiger partial charge is 0.338 e. The van der Waals surface area contributed by atoms with E-state index in [9.17, 15) is 10.1 Å². The monoisotopic (exact) mass is 402 g/mol. The largest absolute Gasteiger partial charge is 0.463 e. The number of hydrogen-bond donors (Lipinski definition) is 1. The van der Waals surface area contributed by atoms with Crippen LogP contribution in [0.5, 0.6) is 0 Å². The van der Waals surface area contributed by atoms with Gasteiger partial charge in [-0.2, -0.15) is 5.26 Å². The van der Waals surface area contributed by atoms with Gasteiger partial charge in [0.2, 0.25) is 5.88 Å². The number of alkyl halides is 1. The van der Waals surface area contributed by atoms with Crippen LogP contribution in [-0.2, 0) is 14.3 Å². The molecule has 0 aliphatic carbocycles. The van der Waals surface area contributed by atoms with E-state index in [2.05, 4.69) is 15.9 Å². The number of allylic oxidation sites excluding steroid dienone is 2. The van der Waals surface area contributed by atoms with Gasteiger partial charge in [-0.1, -0.05) is 0 Å². The van der Waals surface area contributed by atoms with Crippen molar-refractivity contribution >= 4 is 44.8 Å². The number of nitriles is 1. The molecule has 1 aromatic heterocycles. The summed E-state index contributed by atoms with van der Waals surface area (Å²) in [4.78, 5) is 13.1. The molecule has 0 fully saturated rings. The van der Waals surface area contributed by atoms with Crippen molar-refractivity contribution in [3.05, 3.63) is 43.6 Å². The molecule has 0 aromatic carbocycles. The summed E-state index contributed by atoms with van der Waals surface area (Å²) in [5.74, 6) is -1.07. The van der Waals surface area contributed by atoms with Crippen molar-refractivity contribution in [1.82, 2.24) is 0 Å². The molecule has 0 saturated heterocycles. The fourth-order valence-electron chi connectivity index (χ4n) is 2.12. The average molecular weight is 404 g/mol. The maximum atomic E-state index is 12.3. The number of nitrogens with zero attached hydrogens (tertiary/aromatic N) is 1. The zero-order valence-corrected chi connectivity index (χ0v) is 14.7. The van der Waals surface area contributed by atoms with Crippen LogP contribution in [0.2, 0.25) is 0 Å². The highest BCUT2D eigenvalue weighted by atomic mass is 79.9. The number of hydrogen-bond acceptors (Lipinski definition) is 6. The highest BCUT2D eigenvalue weighted by Crippen LogP contribution is 2.43. The Labute approximate surface area is 145 Å². The van der Waals surface area contributed by atoms with Crippen LogP contribution < -0.4 is 5.73 Å². The van der Waals surface area contributed by atoms with Crippen LogP contribution in [0.15, 0.2) is 38.7 Å². The molecule has 0 amide bonds. The normalized spacial score (nSPS) is 18.0. The van der Waals surface area contributed by atoms with Crippen molar-refractivity contribution in [3.8, 4) is 6.07 Å². The summed E-state index contributed by atoms with van der Waals surface area (Å²) in [6.45, 7) is 1.91. The van der Waals surface area contributed by atoms with Gasteiger partial charge in [-0.3, -0.25) is 0 Å². The second-order valence-electron chi connectivity index (χ2n) is 4.26. The van der Waals surface area contributed by atoms with Crippen molar-refractivity contribution in [2.24, 2.45) is 5.73 Å². The summed E-state index contributed by atoms with van der Waals surface area (Å²) in [6, 6.07) is 5.68. The van der Waals surface area contributed by atoms with Crippen LogP contribution in [0.25, 0.3) is 0 Å². The third-order valence-corrected chi connectivity index (χ3v) is 4.92. The minimum absolute atomic E-state index is 0.0410. The Kier molecular flexibility index (Phi) is 5.51. The van der Waals surface area contributed by atoms with Gasteiger partial charge in [-0.15, -0.1) is 22.9 Å². The van der Waals surface area contributed by atoms with E-state index in [-0.39, 0.29) is 35.3 Å². The summed E-state index contributed by atoms with van der Waals surface area (Å²) in [7, 11) is 0. The molecule has 22 heavy (non-hydrogen) atoms. The molecule has 1 aromatic rings. The molecule has 0 radical (unpaired) electrons. The topological polar surface area (TPSA) is 85.3 Å². The molecule has 0 unspecified atom stereocenters. The number of carbonyl (C=O) groups is 1. The van der Waals surface area contributed by atoms with Gasteiger partial charge in [0.25, 0.3) is 0 Å². The quantitative estimate of drug-likeness (QED) is 0.615. The molecular weight excluding hydrogens is 392 g/mol. The van der Waals surface area contributed by atoms with E-state index in [0.29, 0.717) is 0 Å². The Bertz CT molecular complexity index is 705. The lowest BCUT2D eigenvalue weighted by molar-refractivity contribution is -0.139. The highest BCUT2D eigenvalue weighted by molar-refractivity contribution is 9.11. The first-order valence-corrected chi connectivity index (χ1v) is 8.46. The Balaban J connectivity index is 2.62. The van der Waals surface area contributed by atoms with E-state index in [1.54, 1.807) is 6.92 Å². The molecule has 2 heterocycles. The van der Waals surface area contributed by atoms with Crippen molar-refractivity contribution in [1.29, 1.82) is 5.26 Å². The second kappa shape index (κ2) is 7.18. The fourth-order valence-corrected chi connectivity index (χ4v) is 3.86. The molecular formula is C14H12BrClN2O3S. The molecule has 0 spiro atoms. The Morgan fingerprint density at radius 1 is 1.64 bits per heavy atom. The summed E-state index contributed by atoms with van der Waals surface area (Å²) in [5, 5.41) is 9.41. The van der Waals surface area contributed by atoms with E-state index in [1.807, 2.05) is 18.2 Å². The third-order valence-electron chi connectivity index (χ3n) is 2.99. The first-order valence-electron chi connectivity index (χ1n) is 6.32. The van der Waals surface area contributed by atoms with Crippen LogP contribution in [0.4, 0.5) is 0 Å². The number of carbonyl (C=O) groups excluding carboxylic acids is 1. The van der Waals surface area contributed by atoms with Crippen molar-refractivity contribution < 1.29 is 14.3 Å². The van der Waals surface area contributed by atoms with Gasteiger partial charge < -0.3 is 15.2 Å². The van der Waals surface area contributed by atoms with Crippen LogP contribution in [0.1, 0.15) is 17.7 Å². The number of rotatable bonds is 4. The number of nitrogens with two attached hydrogens (primary N) is 1. The SMILES string of the molecule is CCOC(=O)C1=C(CCl)OC(N)=C(C#N)[C@H]1c1ccc(Br)s1. The molecule has 2 N–H and O–H groups in total. The van der Waals surface area contributed by atoms with Crippen LogP contribution >= 0.6 is 38.9 Å². The molecule has 1 aliphatic rings. The van der Waals surface area contributed by atoms with E-state index < -0.39 is 11.9 Å². The highest BCUT2D eigenvalue weighted by Gasteiger charge is 2.38. The van der Waals surface area contributed by atoms with E-state index in [0.717, 1.165) is 8.66 Å². The van der Waals surface area contributed by atoms with E-state index in [4.69, 9.17) is 26.8 Å². The zero-order valence-electron chi connectivity index (χ0n) is 11.6. The van der Waals surface area contributed by atoms with Gasteiger partial charge in [-0.25, -0.2) is 4.79 Å². The van der Waals surface area contributed by atoms with Gasteiger partial charge in [0, 0.05) is 4.88 Å². The Morgan fingerprint density at radius 3 is 2.86 bits per heavy atom. The fraction of sp³-hybridized carbons (Fsp3) is 0.286. The average Bonchev–Trinajstić information content (AvgIpc) is 2.92. The van der Waals surface area contributed by atoms with Gasteiger partial charge in [0.15, 0.2) is 0 Å². The van der Waals surface area contributed by atoms with Crippen molar-refractivity contribution in [2.45, 2.75) is 12.8 Å². The van der Waals surface area contributed by atoms with Gasteiger partial charge in [0.05, 0.1) is 27.8 Å². The first-order chi connectivity index (χ1) is 10.5. The van der Waals surface area contributed by atoms with Crippen molar-refractivity contribution in [3.63, 3.8) is 0 Å². The lowest BCUT2D eigenvalue weighted by atomic mass is 9.87. The molecule has 8 heteroatoms. The van der Waals surface area contributed by atoms with Crippen LogP contribution in [0.3, 0.4) is 0 Å². The molecule has 5 nitrogen and oxygen atoms in total. The van der Waals surface area contributed by atoms with Crippen LogP contribution in [0, 0.1) is 11.3 Å². The van der Waals surface area contributed by atoms with Gasteiger partial charge in [0.1, 0.15) is 17.4 Å². The maximum absolute atomic E-state index is 12.3. The third kappa shape index (κ3) is 3.14. The molecule has 0 saturated carbocycles. The summed E-state index contributed by atoms with van der Waals surface area (Å²) in [6.07, 6.45) is 0. The van der Waals surface area contributed by atoms with Gasteiger partial charge in [-0.05, 0) is 35.0 Å². The summed E-state index contributed by atoms with van der Waals surface area (Å²) >= 11 is 10.7.